The fourth-order valence-corrected chi connectivity index (χ4v) is 6.71. The van der Waals surface area contributed by atoms with Gasteiger partial charge in [0, 0.05) is 55.0 Å². The highest BCUT2D eigenvalue weighted by molar-refractivity contribution is 6.30. The van der Waals surface area contributed by atoms with Crippen LogP contribution >= 0.6 is 11.6 Å². The summed E-state index contributed by atoms with van der Waals surface area (Å²) in [5.41, 5.74) is 8.62. The van der Waals surface area contributed by atoms with Gasteiger partial charge < -0.3 is 15.0 Å². The second kappa shape index (κ2) is 10.8. The molecule has 1 aliphatic carbocycles. The van der Waals surface area contributed by atoms with E-state index in [2.05, 4.69) is 50.8 Å². The lowest BCUT2D eigenvalue weighted by Gasteiger charge is -2.39. The molecule has 1 saturated heterocycles. The summed E-state index contributed by atoms with van der Waals surface area (Å²) in [5, 5.41) is 16.3. The van der Waals surface area contributed by atoms with Crippen LogP contribution in [0.2, 0.25) is 5.02 Å². The maximum Gasteiger partial charge on any atom is 0.337 e. The minimum atomic E-state index is -0.980. The van der Waals surface area contributed by atoms with Crippen LogP contribution in [0, 0.1) is 5.41 Å². The average molecular weight is 595 g/mol. The lowest BCUT2D eigenvalue weighted by molar-refractivity contribution is 0.0697. The van der Waals surface area contributed by atoms with Crippen LogP contribution in [-0.4, -0.2) is 68.4 Å². The fourth-order valence-electron chi connectivity index (χ4n) is 6.59. The standard InChI is InChI=1S/C34H35ClN6O2/c1-34(2)11-9-24(28(19-34)22-3-5-25(35)6-4-22)21-39-13-15-40(16-14-39)26-7-8-27(33(42)43)30(18-26)41-31-17-23-10-12-36-32(23)38-29(31)20-37-41/h3-8,10,12,17-18,20H,9,11,13-16,19,21H2,1-2H3,(H,36,38)(H,42,43). The number of rotatable bonds is 6. The molecule has 43 heavy (non-hydrogen) atoms. The van der Waals surface area contributed by atoms with Crippen LogP contribution in [-0.2, 0) is 0 Å². The molecular weight excluding hydrogens is 560 g/mol. The number of aromatic carboxylic acids is 1. The van der Waals surface area contributed by atoms with Gasteiger partial charge in [-0.3, -0.25) is 4.90 Å². The number of carboxylic acid groups (broad SMARTS) is 1. The van der Waals surface area contributed by atoms with E-state index < -0.39 is 5.97 Å². The first-order chi connectivity index (χ1) is 20.7. The molecule has 7 rings (SSSR count). The van der Waals surface area contributed by atoms with Gasteiger partial charge in [-0.25, -0.2) is 14.5 Å². The Labute approximate surface area is 255 Å². The van der Waals surface area contributed by atoms with Crippen molar-refractivity contribution in [1.29, 1.82) is 0 Å². The Hall–Kier alpha value is -4.14. The molecule has 4 heterocycles. The number of halogens is 1. The van der Waals surface area contributed by atoms with Gasteiger partial charge in [-0.1, -0.05) is 43.2 Å². The third-order valence-corrected chi connectivity index (χ3v) is 9.29. The van der Waals surface area contributed by atoms with Crippen molar-refractivity contribution in [2.24, 2.45) is 5.41 Å². The van der Waals surface area contributed by atoms with E-state index >= 15 is 0 Å². The maximum atomic E-state index is 12.2. The highest BCUT2D eigenvalue weighted by Gasteiger charge is 2.29. The number of hydrogen-bond acceptors (Lipinski definition) is 5. The molecular formula is C34H35ClN6O2. The summed E-state index contributed by atoms with van der Waals surface area (Å²) in [4.78, 5) is 24.9. The third-order valence-electron chi connectivity index (χ3n) is 9.04. The van der Waals surface area contributed by atoms with Crippen LogP contribution < -0.4 is 4.90 Å². The van der Waals surface area contributed by atoms with E-state index in [9.17, 15) is 9.90 Å². The molecule has 0 unspecified atom stereocenters. The van der Waals surface area contributed by atoms with Crippen molar-refractivity contribution < 1.29 is 9.90 Å². The van der Waals surface area contributed by atoms with Gasteiger partial charge >= 0.3 is 5.97 Å². The molecule has 0 radical (unpaired) electrons. The molecule has 2 aromatic carbocycles. The summed E-state index contributed by atoms with van der Waals surface area (Å²) in [6.07, 6.45) is 6.93. The summed E-state index contributed by atoms with van der Waals surface area (Å²) < 4.78 is 1.70. The summed E-state index contributed by atoms with van der Waals surface area (Å²) in [7, 11) is 0. The molecule has 2 N–H and O–H groups in total. The number of carboxylic acids is 1. The largest absolute Gasteiger partial charge is 0.478 e. The molecule has 220 valence electrons. The Morgan fingerprint density at radius 3 is 2.60 bits per heavy atom. The first-order valence-electron chi connectivity index (χ1n) is 14.9. The number of pyridine rings is 1. The Bertz CT molecular complexity index is 1860. The zero-order valence-corrected chi connectivity index (χ0v) is 25.2. The van der Waals surface area contributed by atoms with Crippen LogP contribution in [0.3, 0.4) is 0 Å². The highest BCUT2D eigenvalue weighted by Crippen LogP contribution is 2.43. The Kier molecular flexibility index (Phi) is 6.98. The first-order valence-corrected chi connectivity index (χ1v) is 15.3. The summed E-state index contributed by atoms with van der Waals surface area (Å²) in [6.45, 7) is 9.33. The van der Waals surface area contributed by atoms with E-state index in [4.69, 9.17) is 11.6 Å². The molecule has 3 aromatic heterocycles. The lowest BCUT2D eigenvalue weighted by Crippen LogP contribution is -2.47. The van der Waals surface area contributed by atoms with Gasteiger partial charge in [0.15, 0.2) is 0 Å². The number of fused-ring (bicyclic) bond motifs is 2. The number of anilines is 1. The molecule has 9 heteroatoms. The van der Waals surface area contributed by atoms with Gasteiger partial charge in [0.1, 0.15) is 11.2 Å². The second-order valence-electron chi connectivity index (χ2n) is 12.6. The third kappa shape index (κ3) is 5.41. The molecule has 5 aromatic rings. The molecule has 0 saturated carbocycles. The molecule has 8 nitrogen and oxygen atoms in total. The fraction of sp³-hybridized carbons (Fsp3) is 0.324. The molecule has 0 amide bonds. The van der Waals surface area contributed by atoms with E-state index in [0.717, 1.165) is 72.8 Å². The SMILES string of the molecule is CC1(C)CCC(CN2CCN(c3ccc(C(=O)O)c(-n4ncc5nc6[nH]ccc6cc54)c3)CC2)=C(c2ccc(Cl)cc2)C1. The van der Waals surface area contributed by atoms with E-state index in [1.807, 2.05) is 42.6 Å². The van der Waals surface area contributed by atoms with Gasteiger partial charge in [-0.2, -0.15) is 5.10 Å². The van der Waals surface area contributed by atoms with Crippen molar-refractivity contribution in [3.8, 4) is 5.69 Å². The van der Waals surface area contributed by atoms with E-state index in [0.29, 0.717) is 16.6 Å². The van der Waals surface area contributed by atoms with Crippen molar-refractivity contribution in [3.63, 3.8) is 0 Å². The summed E-state index contributed by atoms with van der Waals surface area (Å²) in [5.74, 6) is -0.980. The number of aromatic amines is 1. The summed E-state index contributed by atoms with van der Waals surface area (Å²) >= 11 is 6.20. The number of H-pyrrole nitrogens is 1. The smallest absolute Gasteiger partial charge is 0.337 e. The van der Waals surface area contributed by atoms with Crippen molar-refractivity contribution in [2.45, 2.75) is 33.1 Å². The monoisotopic (exact) mass is 594 g/mol. The average Bonchev–Trinajstić information content (AvgIpc) is 3.63. The predicted octanol–water partition coefficient (Wildman–Crippen LogP) is 7.04. The molecule has 0 spiro atoms. The van der Waals surface area contributed by atoms with Gasteiger partial charge in [-0.15, -0.1) is 0 Å². The van der Waals surface area contributed by atoms with Crippen LogP contribution in [0.15, 0.2) is 72.6 Å². The number of benzene rings is 2. The minimum Gasteiger partial charge on any atom is -0.478 e. The quantitative estimate of drug-likeness (QED) is 0.219. The molecule has 0 atom stereocenters. The van der Waals surface area contributed by atoms with Gasteiger partial charge in [0.2, 0.25) is 0 Å². The van der Waals surface area contributed by atoms with Crippen LogP contribution in [0.4, 0.5) is 5.69 Å². The number of allylic oxidation sites excluding steroid dienone is 1. The first kappa shape index (κ1) is 27.7. The van der Waals surface area contributed by atoms with Crippen LogP contribution in [0.25, 0.3) is 33.3 Å². The lowest BCUT2D eigenvalue weighted by atomic mass is 9.72. The zero-order valence-electron chi connectivity index (χ0n) is 24.5. The summed E-state index contributed by atoms with van der Waals surface area (Å²) in [6, 6.07) is 17.8. The van der Waals surface area contributed by atoms with Gasteiger partial charge in [0.05, 0.1) is 23.0 Å². The highest BCUT2D eigenvalue weighted by atomic mass is 35.5. The molecule has 0 bridgehead atoms. The Morgan fingerprint density at radius 1 is 1.05 bits per heavy atom. The minimum absolute atomic E-state index is 0.212. The second-order valence-corrected chi connectivity index (χ2v) is 13.0. The Balaban J connectivity index is 1.12. The number of aromatic nitrogens is 4. The molecule has 1 fully saturated rings. The molecule has 2 aliphatic rings. The number of hydrogen-bond donors (Lipinski definition) is 2. The van der Waals surface area contributed by atoms with Crippen LogP contribution in [0.1, 0.15) is 49.0 Å². The Morgan fingerprint density at radius 2 is 1.84 bits per heavy atom. The topological polar surface area (TPSA) is 90.3 Å². The molecule has 1 aliphatic heterocycles. The van der Waals surface area contributed by atoms with E-state index in [-0.39, 0.29) is 5.56 Å². The van der Waals surface area contributed by atoms with E-state index in [1.54, 1.807) is 22.5 Å². The number of piperazine rings is 1. The van der Waals surface area contributed by atoms with Crippen molar-refractivity contribution in [3.05, 3.63) is 88.7 Å². The number of carbonyl (C=O) groups is 1. The van der Waals surface area contributed by atoms with Crippen molar-refractivity contribution in [2.75, 3.05) is 37.6 Å². The zero-order chi connectivity index (χ0) is 29.7. The normalized spacial score (nSPS) is 17.7. The number of nitrogens with zero attached hydrogens (tertiary/aromatic N) is 5. The van der Waals surface area contributed by atoms with Crippen molar-refractivity contribution >= 4 is 50.9 Å². The van der Waals surface area contributed by atoms with Crippen LogP contribution in [0.5, 0.6) is 0 Å². The number of nitrogens with one attached hydrogen (secondary N) is 1. The van der Waals surface area contributed by atoms with Crippen molar-refractivity contribution in [1.82, 2.24) is 24.6 Å². The van der Waals surface area contributed by atoms with Gasteiger partial charge in [-0.05, 0) is 78.3 Å². The predicted molar refractivity (Wildman–Crippen MR) is 172 cm³/mol. The maximum absolute atomic E-state index is 12.2. The van der Waals surface area contributed by atoms with E-state index in [1.165, 1.54) is 17.6 Å². The van der Waals surface area contributed by atoms with Gasteiger partial charge in [0.25, 0.3) is 0 Å².